The fourth-order valence-electron chi connectivity index (χ4n) is 5.52. The molecule has 6 rings (SSSR count). The number of aromatic nitrogens is 1. The summed E-state index contributed by atoms with van der Waals surface area (Å²) in [4.78, 5) is 3.78. The first kappa shape index (κ1) is 18.4. The SMILES string of the molecule is [2H]c1c([2H])c(-c2c(C)ccc3c2oc2c(-c4ccccc4)c([N+]#[C-])ccc23)[n+](C)c(C)c1C1([2H])CCCC1. The van der Waals surface area contributed by atoms with Crippen LogP contribution in [0.25, 0.3) is 49.2 Å². The Hall–Kier alpha value is -3.90. The van der Waals surface area contributed by atoms with E-state index in [0.717, 1.165) is 64.4 Å². The van der Waals surface area contributed by atoms with E-state index < -0.39 is 5.89 Å². The number of nitrogens with zero attached hydrogens (tertiary/aromatic N) is 2. The summed E-state index contributed by atoms with van der Waals surface area (Å²) in [5.74, 6) is -0.811. The molecule has 1 fully saturated rings. The van der Waals surface area contributed by atoms with Gasteiger partial charge < -0.3 is 4.42 Å². The lowest BCUT2D eigenvalue weighted by Gasteiger charge is -2.14. The standard InChI is InChI=1S/C32H29N2O/c1-20-14-15-25-26-16-18-27(33-3)30(23-12-6-5-7-13-23)32(26)35-31(25)29(20)28-19-17-24(21(2)34(28)4)22-10-8-9-11-22/h5-7,12-19,22H,8-11H2,1-2,4H3/q+1/i17D,19D,22D. The fraction of sp³-hybridized carbons (Fsp3) is 0.250. The predicted octanol–water partition coefficient (Wildman–Crippen LogP) is 8.57. The summed E-state index contributed by atoms with van der Waals surface area (Å²) in [6.07, 6.45) is 3.41. The highest BCUT2D eigenvalue weighted by atomic mass is 16.3. The molecule has 1 aliphatic rings. The van der Waals surface area contributed by atoms with Crippen molar-refractivity contribution in [2.45, 2.75) is 45.4 Å². The lowest BCUT2D eigenvalue weighted by atomic mass is 9.94. The van der Waals surface area contributed by atoms with Gasteiger partial charge >= 0.3 is 0 Å². The van der Waals surface area contributed by atoms with E-state index in [0.29, 0.717) is 28.1 Å². The molecule has 3 heteroatoms. The van der Waals surface area contributed by atoms with Crippen molar-refractivity contribution in [3.8, 4) is 22.4 Å². The summed E-state index contributed by atoms with van der Waals surface area (Å²) >= 11 is 0. The number of pyridine rings is 1. The second-order valence-electron chi connectivity index (χ2n) is 9.48. The Labute approximate surface area is 210 Å². The summed E-state index contributed by atoms with van der Waals surface area (Å²) in [6.45, 7) is 11.8. The van der Waals surface area contributed by atoms with E-state index in [4.69, 9.17) is 15.1 Å². The highest BCUT2D eigenvalue weighted by Gasteiger charge is 2.27. The average molecular weight is 461 g/mol. The van der Waals surface area contributed by atoms with Gasteiger partial charge in [0.05, 0.1) is 14.9 Å². The first-order valence-corrected chi connectivity index (χ1v) is 12.2. The molecule has 0 radical (unpaired) electrons. The molecule has 1 aliphatic carbocycles. The zero-order valence-corrected chi connectivity index (χ0v) is 20.3. The zero-order chi connectivity index (χ0) is 26.8. The molecular formula is C32H29N2O+. The Balaban J connectivity index is 1.69. The molecule has 0 atom stereocenters. The van der Waals surface area contributed by atoms with E-state index >= 15 is 0 Å². The van der Waals surface area contributed by atoms with Crippen LogP contribution < -0.4 is 4.57 Å². The lowest BCUT2D eigenvalue weighted by Crippen LogP contribution is -2.36. The Morgan fingerprint density at radius 3 is 2.34 bits per heavy atom. The van der Waals surface area contributed by atoms with Gasteiger partial charge in [0.25, 0.3) is 0 Å². The van der Waals surface area contributed by atoms with Crippen molar-refractivity contribution in [1.29, 1.82) is 0 Å². The molecule has 35 heavy (non-hydrogen) atoms. The van der Waals surface area contributed by atoms with Crippen molar-refractivity contribution in [3.63, 3.8) is 0 Å². The first-order chi connectivity index (χ1) is 18.3. The van der Waals surface area contributed by atoms with Crippen molar-refractivity contribution >= 4 is 27.6 Å². The molecule has 2 heterocycles. The van der Waals surface area contributed by atoms with Crippen LogP contribution in [-0.4, -0.2) is 0 Å². The third kappa shape index (κ3) is 3.36. The summed E-state index contributed by atoms with van der Waals surface area (Å²) in [5, 5.41) is 1.83. The number of rotatable bonds is 3. The van der Waals surface area contributed by atoms with Crippen LogP contribution in [-0.2, 0) is 7.05 Å². The van der Waals surface area contributed by atoms with E-state index in [1.807, 2.05) is 80.1 Å². The van der Waals surface area contributed by atoms with Crippen molar-refractivity contribution in [2.75, 3.05) is 0 Å². The third-order valence-electron chi connectivity index (χ3n) is 7.48. The monoisotopic (exact) mass is 460 g/mol. The molecule has 0 amide bonds. The highest BCUT2D eigenvalue weighted by Crippen LogP contribution is 2.44. The number of hydrogen-bond donors (Lipinski definition) is 0. The molecule has 0 spiro atoms. The van der Waals surface area contributed by atoms with Gasteiger partial charge in [0, 0.05) is 36.2 Å². The molecule has 2 aromatic heterocycles. The minimum absolute atomic E-state index is 0.118. The van der Waals surface area contributed by atoms with Gasteiger partial charge in [-0.05, 0) is 42.8 Å². The normalized spacial score (nSPS) is 16.2. The predicted molar refractivity (Wildman–Crippen MR) is 143 cm³/mol. The van der Waals surface area contributed by atoms with Crippen LogP contribution in [0.2, 0.25) is 0 Å². The number of benzene rings is 3. The van der Waals surface area contributed by atoms with Crippen molar-refractivity contribution in [1.82, 2.24) is 0 Å². The van der Waals surface area contributed by atoms with Crippen LogP contribution in [0, 0.1) is 20.4 Å². The summed E-state index contributed by atoms with van der Waals surface area (Å²) in [5.41, 5.74) is 7.37. The molecule has 3 nitrogen and oxygen atoms in total. The lowest BCUT2D eigenvalue weighted by molar-refractivity contribution is -0.667. The van der Waals surface area contributed by atoms with Gasteiger partial charge in [-0.1, -0.05) is 67.4 Å². The van der Waals surface area contributed by atoms with Gasteiger partial charge in [0.15, 0.2) is 11.4 Å². The molecule has 3 aromatic carbocycles. The highest BCUT2D eigenvalue weighted by molar-refractivity contribution is 6.15. The first-order valence-electron chi connectivity index (χ1n) is 13.7. The Kier molecular flexibility index (Phi) is 4.42. The Morgan fingerprint density at radius 1 is 0.943 bits per heavy atom. The summed E-state index contributed by atoms with van der Waals surface area (Å²) in [7, 11) is 1.93. The van der Waals surface area contributed by atoms with Crippen LogP contribution in [0.1, 0.15) is 52.5 Å². The van der Waals surface area contributed by atoms with Gasteiger partial charge in [-0.25, -0.2) is 4.85 Å². The quantitative estimate of drug-likeness (QED) is 0.195. The molecule has 0 N–H and O–H groups in total. The van der Waals surface area contributed by atoms with Crippen molar-refractivity contribution in [2.24, 2.45) is 7.05 Å². The van der Waals surface area contributed by atoms with Crippen LogP contribution in [0.3, 0.4) is 0 Å². The number of fused-ring (bicyclic) bond motifs is 3. The van der Waals surface area contributed by atoms with E-state index in [2.05, 4.69) is 4.85 Å². The molecule has 0 bridgehead atoms. The molecular weight excluding hydrogens is 428 g/mol. The topological polar surface area (TPSA) is 21.4 Å². The Morgan fingerprint density at radius 2 is 1.63 bits per heavy atom. The molecule has 0 unspecified atom stereocenters. The van der Waals surface area contributed by atoms with E-state index in [9.17, 15) is 0 Å². The molecule has 1 saturated carbocycles. The van der Waals surface area contributed by atoms with E-state index in [-0.39, 0.29) is 12.1 Å². The maximum absolute atomic E-state index is 9.14. The van der Waals surface area contributed by atoms with Gasteiger partial charge in [-0.3, -0.25) is 0 Å². The average Bonchev–Trinajstić information content (AvgIpc) is 3.52. The summed E-state index contributed by atoms with van der Waals surface area (Å²) in [6, 6.07) is 17.9. The Bertz CT molecular complexity index is 1760. The number of hydrogen-bond acceptors (Lipinski definition) is 1. The smallest absolute Gasteiger partial charge is 0.216 e. The van der Waals surface area contributed by atoms with Crippen LogP contribution >= 0.6 is 0 Å². The van der Waals surface area contributed by atoms with Gasteiger partial charge in [0.2, 0.25) is 5.69 Å². The van der Waals surface area contributed by atoms with Crippen LogP contribution in [0.4, 0.5) is 5.69 Å². The maximum atomic E-state index is 9.14. The fourth-order valence-corrected chi connectivity index (χ4v) is 5.52. The van der Waals surface area contributed by atoms with E-state index in [1.54, 1.807) is 0 Å². The molecule has 5 aromatic rings. The van der Waals surface area contributed by atoms with Crippen LogP contribution in [0.5, 0.6) is 0 Å². The van der Waals surface area contributed by atoms with Crippen molar-refractivity contribution < 1.29 is 13.1 Å². The minimum Gasteiger partial charge on any atom is -0.456 e. The minimum atomic E-state index is -0.811. The maximum Gasteiger partial charge on any atom is 0.216 e. The number of aryl methyl sites for hydroxylation is 1. The van der Waals surface area contributed by atoms with Gasteiger partial charge in [-0.15, -0.1) is 0 Å². The second kappa shape index (κ2) is 8.40. The molecule has 172 valence electrons. The summed E-state index contributed by atoms with van der Waals surface area (Å²) < 4.78 is 35.9. The molecule has 0 aliphatic heterocycles. The second-order valence-corrected chi connectivity index (χ2v) is 9.48. The molecule has 0 saturated heterocycles. The van der Waals surface area contributed by atoms with E-state index in [1.165, 1.54) is 0 Å². The number of furan rings is 1. The largest absolute Gasteiger partial charge is 0.456 e. The zero-order valence-electron chi connectivity index (χ0n) is 23.3. The van der Waals surface area contributed by atoms with Crippen LogP contribution in [0.15, 0.2) is 71.1 Å². The third-order valence-corrected chi connectivity index (χ3v) is 7.48. The van der Waals surface area contributed by atoms with Gasteiger partial charge in [-0.2, -0.15) is 4.57 Å². The van der Waals surface area contributed by atoms with Crippen molar-refractivity contribution in [3.05, 3.63) is 94.9 Å². The van der Waals surface area contributed by atoms with Gasteiger partial charge in [0.1, 0.15) is 18.2 Å².